The second-order valence-corrected chi connectivity index (χ2v) is 7.62. The van der Waals surface area contributed by atoms with Gasteiger partial charge in [0.05, 0.1) is 0 Å². The van der Waals surface area contributed by atoms with E-state index in [2.05, 4.69) is 20.3 Å². The predicted molar refractivity (Wildman–Crippen MR) is 107 cm³/mol. The van der Waals surface area contributed by atoms with E-state index < -0.39 is 6.61 Å². The zero-order valence-electron chi connectivity index (χ0n) is 14.4. The van der Waals surface area contributed by atoms with Crippen molar-refractivity contribution in [2.24, 2.45) is 0 Å². The van der Waals surface area contributed by atoms with Crippen molar-refractivity contribution < 1.29 is 18.3 Å². The van der Waals surface area contributed by atoms with Gasteiger partial charge in [-0.3, -0.25) is 10.1 Å². The summed E-state index contributed by atoms with van der Waals surface area (Å²) in [5.74, 6) is 0.476. The molecule has 9 heteroatoms. The van der Waals surface area contributed by atoms with Crippen molar-refractivity contribution in [2.45, 2.75) is 16.7 Å². The van der Waals surface area contributed by atoms with Gasteiger partial charge in [0.1, 0.15) is 5.75 Å². The Morgan fingerprint density at radius 3 is 2.61 bits per heavy atom. The van der Waals surface area contributed by atoms with E-state index in [1.54, 1.807) is 30.0 Å². The fourth-order valence-corrected chi connectivity index (χ4v) is 3.83. The van der Waals surface area contributed by atoms with Crippen LogP contribution in [0.2, 0.25) is 0 Å². The van der Waals surface area contributed by atoms with Gasteiger partial charge < -0.3 is 4.74 Å². The number of halogens is 2. The Morgan fingerprint density at radius 1 is 1.14 bits per heavy atom. The van der Waals surface area contributed by atoms with Gasteiger partial charge in [-0.15, -0.1) is 10.2 Å². The van der Waals surface area contributed by atoms with Crippen molar-refractivity contribution in [3.8, 4) is 5.75 Å². The zero-order chi connectivity index (χ0) is 19.8. The summed E-state index contributed by atoms with van der Waals surface area (Å²) in [7, 11) is 0. The van der Waals surface area contributed by atoms with Gasteiger partial charge in [-0.1, -0.05) is 65.6 Å². The summed E-state index contributed by atoms with van der Waals surface area (Å²) < 4.78 is 29.3. The molecule has 0 spiro atoms. The normalized spacial score (nSPS) is 11.1. The van der Waals surface area contributed by atoms with Crippen LogP contribution in [0.1, 0.15) is 11.1 Å². The lowest BCUT2D eigenvalue weighted by molar-refractivity contribution is -0.111. The Balaban J connectivity index is 1.49. The number of benzene rings is 2. The summed E-state index contributed by atoms with van der Waals surface area (Å²) in [4.78, 5) is 12.0. The molecule has 0 atom stereocenters. The number of carbonyl (C=O) groups excluding carboxylic acids is 1. The van der Waals surface area contributed by atoms with E-state index in [9.17, 15) is 13.6 Å². The Morgan fingerprint density at radius 2 is 1.89 bits per heavy atom. The summed E-state index contributed by atoms with van der Waals surface area (Å²) >= 11 is 2.84. The number of hydrogen-bond acceptors (Lipinski definition) is 6. The van der Waals surface area contributed by atoms with Gasteiger partial charge in [-0.05, 0) is 29.3 Å². The number of nitrogens with one attached hydrogen (secondary N) is 1. The molecule has 0 bridgehead atoms. The minimum atomic E-state index is -2.87. The molecule has 5 nitrogen and oxygen atoms in total. The Bertz CT molecular complexity index is 932. The molecular formula is C19H15F2N3O2S2. The minimum Gasteiger partial charge on any atom is -0.435 e. The molecule has 3 rings (SSSR count). The number of hydrogen-bond donors (Lipinski definition) is 1. The van der Waals surface area contributed by atoms with Gasteiger partial charge in [0.25, 0.3) is 0 Å². The molecule has 0 fully saturated rings. The van der Waals surface area contributed by atoms with Gasteiger partial charge in [-0.2, -0.15) is 8.78 Å². The first kappa shape index (κ1) is 20.0. The van der Waals surface area contributed by atoms with Crippen LogP contribution in [0.3, 0.4) is 0 Å². The van der Waals surface area contributed by atoms with Crippen LogP contribution in [0.15, 0.2) is 65.0 Å². The molecule has 2 aromatic carbocycles. The number of ether oxygens (including phenoxy) is 1. The van der Waals surface area contributed by atoms with Gasteiger partial charge >= 0.3 is 6.61 Å². The van der Waals surface area contributed by atoms with Crippen LogP contribution in [0.25, 0.3) is 6.08 Å². The zero-order valence-corrected chi connectivity index (χ0v) is 16.1. The molecule has 0 aliphatic heterocycles. The van der Waals surface area contributed by atoms with Crippen molar-refractivity contribution in [3.05, 3.63) is 71.8 Å². The molecule has 28 heavy (non-hydrogen) atoms. The van der Waals surface area contributed by atoms with Gasteiger partial charge in [0.15, 0.2) is 4.34 Å². The molecule has 1 amide bonds. The number of alkyl halides is 2. The third-order valence-corrected chi connectivity index (χ3v) is 5.42. The summed E-state index contributed by atoms with van der Waals surface area (Å²) in [5.41, 5.74) is 1.86. The second-order valence-electron chi connectivity index (χ2n) is 5.42. The molecule has 0 unspecified atom stereocenters. The highest BCUT2D eigenvalue weighted by molar-refractivity contribution is 8.00. The van der Waals surface area contributed by atoms with Crippen LogP contribution < -0.4 is 10.1 Å². The highest BCUT2D eigenvalue weighted by Gasteiger charge is 2.07. The first-order valence-electron chi connectivity index (χ1n) is 8.12. The Hall–Kier alpha value is -2.78. The molecule has 1 N–H and O–H groups in total. The highest BCUT2D eigenvalue weighted by atomic mass is 32.2. The van der Waals surface area contributed by atoms with Gasteiger partial charge in [-0.25, -0.2) is 0 Å². The van der Waals surface area contributed by atoms with Crippen LogP contribution in [-0.2, 0) is 10.5 Å². The largest absolute Gasteiger partial charge is 0.435 e. The fraction of sp³-hybridized carbons (Fsp3) is 0.105. The SMILES string of the molecule is O=C(/C=C/c1ccc(OC(F)F)cc1)Nc1nnc(SCc2ccccc2)s1. The summed E-state index contributed by atoms with van der Waals surface area (Å²) in [6.45, 7) is -2.87. The van der Waals surface area contributed by atoms with Crippen molar-refractivity contribution in [2.75, 3.05) is 5.32 Å². The molecule has 3 aromatic rings. The smallest absolute Gasteiger partial charge is 0.387 e. The van der Waals surface area contributed by atoms with Crippen LogP contribution in [0, 0.1) is 0 Å². The maximum absolute atomic E-state index is 12.1. The van der Waals surface area contributed by atoms with E-state index >= 15 is 0 Å². The minimum absolute atomic E-state index is 0.0611. The molecule has 144 valence electrons. The number of rotatable bonds is 8. The second kappa shape index (κ2) is 9.95. The standard InChI is InChI=1S/C19H15F2N3O2S2/c20-17(21)26-15-9-6-13(7-10-15)8-11-16(25)22-18-23-24-19(28-18)27-12-14-4-2-1-3-5-14/h1-11,17H,12H2,(H,22,23,25)/b11-8+. The average Bonchev–Trinajstić information content (AvgIpc) is 3.13. The molecule has 0 aliphatic rings. The lowest BCUT2D eigenvalue weighted by Crippen LogP contribution is -2.07. The maximum atomic E-state index is 12.1. The third-order valence-electron chi connectivity index (χ3n) is 3.37. The van der Waals surface area contributed by atoms with Crippen molar-refractivity contribution >= 4 is 40.2 Å². The highest BCUT2D eigenvalue weighted by Crippen LogP contribution is 2.28. The van der Waals surface area contributed by atoms with Gasteiger partial charge in [0, 0.05) is 11.8 Å². The maximum Gasteiger partial charge on any atom is 0.387 e. The molecule has 0 aliphatic carbocycles. The lowest BCUT2D eigenvalue weighted by Gasteiger charge is -2.03. The molecule has 1 heterocycles. The topological polar surface area (TPSA) is 64.1 Å². The summed E-state index contributed by atoms with van der Waals surface area (Å²) in [6, 6.07) is 16.0. The quantitative estimate of drug-likeness (QED) is 0.313. The van der Waals surface area contributed by atoms with E-state index in [1.807, 2.05) is 30.3 Å². The number of amides is 1. The van der Waals surface area contributed by atoms with Crippen molar-refractivity contribution in [1.82, 2.24) is 10.2 Å². The van der Waals surface area contributed by atoms with Crippen molar-refractivity contribution in [1.29, 1.82) is 0 Å². The predicted octanol–water partition coefficient (Wildman–Crippen LogP) is 5.08. The fourth-order valence-electron chi connectivity index (χ4n) is 2.12. The molecule has 0 saturated carbocycles. The van der Waals surface area contributed by atoms with E-state index in [0.717, 1.165) is 10.1 Å². The van der Waals surface area contributed by atoms with Crippen molar-refractivity contribution in [3.63, 3.8) is 0 Å². The molecule has 0 radical (unpaired) electrons. The number of anilines is 1. The average molecular weight is 419 g/mol. The van der Waals surface area contributed by atoms with E-state index in [1.165, 1.54) is 35.1 Å². The van der Waals surface area contributed by atoms with Crippen LogP contribution in [-0.4, -0.2) is 22.7 Å². The number of aromatic nitrogens is 2. The Kier molecular flexibility index (Phi) is 7.10. The van der Waals surface area contributed by atoms with E-state index in [-0.39, 0.29) is 11.7 Å². The van der Waals surface area contributed by atoms with E-state index in [0.29, 0.717) is 10.7 Å². The first-order chi connectivity index (χ1) is 13.6. The van der Waals surface area contributed by atoms with Crippen LogP contribution >= 0.6 is 23.1 Å². The van der Waals surface area contributed by atoms with E-state index in [4.69, 9.17) is 0 Å². The summed E-state index contributed by atoms with van der Waals surface area (Å²) in [6.07, 6.45) is 2.90. The molecular weight excluding hydrogens is 404 g/mol. The molecule has 0 saturated heterocycles. The first-order valence-corrected chi connectivity index (χ1v) is 9.93. The number of carbonyl (C=O) groups is 1. The lowest BCUT2D eigenvalue weighted by atomic mass is 10.2. The van der Waals surface area contributed by atoms with Gasteiger partial charge in [0.2, 0.25) is 11.0 Å². The van der Waals surface area contributed by atoms with Crippen LogP contribution in [0.4, 0.5) is 13.9 Å². The number of nitrogens with zero attached hydrogens (tertiary/aromatic N) is 2. The summed E-state index contributed by atoms with van der Waals surface area (Å²) in [5, 5.41) is 11.1. The third kappa shape index (κ3) is 6.43. The molecule has 1 aromatic heterocycles. The van der Waals surface area contributed by atoms with Crippen LogP contribution in [0.5, 0.6) is 5.75 Å². The number of thioether (sulfide) groups is 1. The monoisotopic (exact) mass is 419 g/mol. The Labute approximate surface area is 168 Å².